The van der Waals surface area contributed by atoms with Gasteiger partial charge in [-0.05, 0) is 29.4 Å². The first-order chi connectivity index (χ1) is 9.91. The van der Waals surface area contributed by atoms with Crippen LogP contribution in [0.15, 0.2) is 24.3 Å². The molecule has 0 radical (unpaired) electrons. The van der Waals surface area contributed by atoms with Crippen molar-refractivity contribution >= 4 is 5.91 Å². The van der Waals surface area contributed by atoms with Crippen molar-refractivity contribution in [3.63, 3.8) is 0 Å². The predicted octanol–water partition coefficient (Wildman–Crippen LogP) is 1.61. The highest BCUT2D eigenvalue weighted by atomic mass is 16.3. The molecule has 0 saturated heterocycles. The minimum absolute atomic E-state index is 0.0195. The zero-order valence-electron chi connectivity index (χ0n) is 13.1. The number of hydrogen-bond acceptors (Lipinski definition) is 3. The number of amides is 1. The van der Waals surface area contributed by atoms with Gasteiger partial charge < -0.3 is 15.7 Å². The van der Waals surface area contributed by atoms with Crippen LogP contribution >= 0.6 is 0 Å². The molecule has 1 aliphatic rings. The lowest BCUT2D eigenvalue weighted by molar-refractivity contribution is -0.125. The predicted molar refractivity (Wildman–Crippen MR) is 83.9 cm³/mol. The Balaban J connectivity index is 2.01. The van der Waals surface area contributed by atoms with Gasteiger partial charge in [0.25, 0.3) is 0 Å². The van der Waals surface area contributed by atoms with E-state index < -0.39 is 0 Å². The molecule has 0 spiro atoms. The largest absolute Gasteiger partial charge is 0.396 e. The lowest BCUT2D eigenvalue weighted by Gasteiger charge is -2.33. The van der Waals surface area contributed by atoms with E-state index in [1.165, 1.54) is 11.1 Å². The summed E-state index contributed by atoms with van der Waals surface area (Å²) in [4.78, 5) is 12.5. The Kier molecular flexibility index (Phi) is 5.01. The number of nitrogens with one attached hydrogen (secondary N) is 2. The lowest BCUT2D eigenvalue weighted by atomic mass is 9.84. The molecule has 3 N–H and O–H groups in total. The van der Waals surface area contributed by atoms with Crippen LogP contribution in [0.4, 0.5) is 0 Å². The van der Waals surface area contributed by atoms with Crippen LogP contribution in [0, 0.1) is 5.41 Å². The average molecular weight is 290 g/mol. The molecule has 4 nitrogen and oxygen atoms in total. The highest BCUT2D eigenvalue weighted by molar-refractivity contribution is 5.82. The summed E-state index contributed by atoms with van der Waals surface area (Å²) in [5, 5.41) is 15.6. The van der Waals surface area contributed by atoms with Gasteiger partial charge in [-0.3, -0.25) is 4.79 Å². The van der Waals surface area contributed by atoms with Crippen molar-refractivity contribution < 1.29 is 9.90 Å². The van der Waals surface area contributed by atoms with Gasteiger partial charge in [0.05, 0.1) is 6.04 Å². The van der Waals surface area contributed by atoms with Crippen LogP contribution in [0.25, 0.3) is 0 Å². The maximum Gasteiger partial charge on any atom is 0.237 e. The molecule has 0 fully saturated rings. The van der Waals surface area contributed by atoms with Gasteiger partial charge >= 0.3 is 0 Å². The summed E-state index contributed by atoms with van der Waals surface area (Å²) in [6.45, 7) is 7.06. The van der Waals surface area contributed by atoms with Crippen LogP contribution < -0.4 is 10.6 Å². The third-order valence-electron chi connectivity index (χ3n) is 4.18. The molecule has 1 heterocycles. The van der Waals surface area contributed by atoms with Crippen molar-refractivity contribution in [3.05, 3.63) is 35.4 Å². The Morgan fingerprint density at radius 2 is 2.05 bits per heavy atom. The number of carbonyl (C=O) groups is 1. The zero-order chi connectivity index (χ0) is 15.5. The highest BCUT2D eigenvalue weighted by Crippen LogP contribution is 2.22. The summed E-state index contributed by atoms with van der Waals surface area (Å²) in [5.74, 6) is 0.0258. The molecule has 2 rings (SSSR count). The van der Waals surface area contributed by atoms with Crippen LogP contribution in [-0.4, -0.2) is 29.7 Å². The molecule has 0 bridgehead atoms. The van der Waals surface area contributed by atoms with Crippen LogP contribution in [0.5, 0.6) is 0 Å². The summed E-state index contributed by atoms with van der Waals surface area (Å²) < 4.78 is 0. The van der Waals surface area contributed by atoms with E-state index in [0.717, 1.165) is 13.0 Å². The molecule has 0 saturated carbocycles. The first-order valence-electron chi connectivity index (χ1n) is 7.63. The van der Waals surface area contributed by atoms with Crippen LogP contribution in [-0.2, 0) is 17.8 Å². The van der Waals surface area contributed by atoms with Crippen molar-refractivity contribution in [1.29, 1.82) is 0 Å². The van der Waals surface area contributed by atoms with Gasteiger partial charge in [-0.25, -0.2) is 0 Å². The topological polar surface area (TPSA) is 61.4 Å². The van der Waals surface area contributed by atoms with E-state index in [0.29, 0.717) is 6.42 Å². The fourth-order valence-electron chi connectivity index (χ4n) is 2.76. The van der Waals surface area contributed by atoms with Gasteiger partial charge in [-0.2, -0.15) is 0 Å². The Morgan fingerprint density at radius 1 is 1.38 bits per heavy atom. The van der Waals surface area contributed by atoms with Crippen molar-refractivity contribution in [1.82, 2.24) is 10.6 Å². The van der Waals surface area contributed by atoms with Gasteiger partial charge in [-0.1, -0.05) is 45.0 Å². The molecular weight excluding hydrogens is 264 g/mol. The second-order valence-corrected chi connectivity index (χ2v) is 6.85. The summed E-state index contributed by atoms with van der Waals surface area (Å²) in [7, 11) is 0. The maximum atomic E-state index is 12.5. The molecular formula is C17H26N2O2. The molecule has 2 atom stereocenters. The second kappa shape index (κ2) is 6.58. The molecule has 1 aliphatic heterocycles. The van der Waals surface area contributed by atoms with E-state index in [4.69, 9.17) is 0 Å². The van der Waals surface area contributed by atoms with Crippen molar-refractivity contribution in [2.24, 2.45) is 5.41 Å². The molecule has 1 unspecified atom stereocenters. The minimum Gasteiger partial charge on any atom is -0.396 e. The van der Waals surface area contributed by atoms with E-state index in [2.05, 4.69) is 43.5 Å². The Labute approximate surface area is 126 Å². The van der Waals surface area contributed by atoms with E-state index in [-0.39, 0.29) is 30.0 Å². The molecule has 1 aromatic carbocycles. The first kappa shape index (κ1) is 16.0. The minimum atomic E-state index is -0.191. The molecule has 0 aliphatic carbocycles. The number of aliphatic hydroxyl groups is 1. The first-order valence-corrected chi connectivity index (χ1v) is 7.63. The lowest BCUT2D eigenvalue weighted by Crippen LogP contribution is -2.53. The van der Waals surface area contributed by atoms with Crippen LogP contribution in [0.1, 0.15) is 38.3 Å². The molecule has 21 heavy (non-hydrogen) atoms. The average Bonchev–Trinajstić information content (AvgIpc) is 2.45. The molecule has 0 aromatic heterocycles. The summed E-state index contributed by atoms with van der Waals surface area (Å²) in [5.41, 5.74) is 2.44. The maximum absolute atomic E-state index is 12.5. The number of benzene rings is 1. The fraction of sp³-hybridized carbons (Fsp3) is 0.588. The van der Waals surface area contributed by atoms with E-state index in [9.17, 15) is 9.90 Å². The highest BCUT2D eigenvalue weighted by Gasteiger charge is 2.30. The Morgan fingerprint density at radius 3 is 2.67 bits per heavy atom. The third-order valence-corrected chi connectivity index (χ3v) is 4.18. The fourth-order valence-corrected chi connectivity index (χ4v) is 2.76. The second-order valence-electron chi connectivity index (χ2n) is 6.85. The van der Waals surface area contributed by atoms with Gasteiger partial charge in [0.2, 0.25) is 5.91 Å². The van der Waals surface area contributed by atoms with E-state index >= 15 is 0 Å². The standard InChI is InChI=1S/C17H26N2O2/c1-17(2,3)15(8-9-20)19-16(21)14-10-12-6-4-5-7-13(12)11-18-14/h4-7,14-15,18,20H,8-11H2,1-3H3,(H,19,21)/t14-,15?/m0/s1. The molecule has 1 amide bonds. The SMILES string of the molecule is CC(C)(C)C(CCO)NC(=O)[C@@H]1Cc2ccccc2CN1. The monoisotopic (exact) mass is 290 g/mol. The number of carbonyl (C=O) groups excluding carboxylic acids is 1. The molecule has 4 heteroatoms. The smallest absolute Gasteiger partial charge is 0.237 e. The number of hydrogen-bond donors (Lipinski definition) is 3. The molecule has 116 valence electrons. The van der Waals surface area contributed by atoms with Gasteiger partial charge in [-0.15, -0.1) is 0 Å². The quantitative estimate of drug-likeness (QED) is 0.789. The summed E-state index contributed by atoms with van der Waals surface area (Å²) in [6, 6.07) is 8.02. The number of aliphatic hydroxyl groups excluding tert-OH is 1. The van der Waals surface area contributed by atoms with E-state index in [1.807, 2.05) is 12.1 Å². The van der Waals surface area contributed by atoms with Crippen molar-refractivity contribution in [3.8, 4) is 0 Å². The normalized spacial score (nSPS) is 19.7. The summed E-state index contributed by atoms with van der Waals surface area (Å²) >= 11 is 0. The third kappa shape index (κ3) is 4.05. The van der Waals surface area contributed by atoms with Gasteiger partial charge in [0.1, 0.15) is 0 Å². The van der Waals surface area contributed by atoms with Crippen molar-refractivity contribution in [2.45, 2.75) is 52.2 Å². The Bertz CT molecular complexity index is 494. The number of fused-ring (bicyclic) bond motifs is 1. The Hall–Kier alpha value is -1.39. The number of rotatable bonds is 4. The zero-order valence-corrected chi connectivity index (χ0v) is 13.1. The van der Waals surface area contributed by atoms with Gasteiger partial charge in [0, 0.05) is 19.2 Å². The van der Waals surface area contributed by atoms with Crippen LogP contribution in [0.3, 0.4) is 0 Å². The summed E-state index contributed by atoms with van der Waals surface area (Å²) in [6.07, 6.45) is 1.30. The van der Waals surface area contributed by atoms with E-state index in [1.54, 1.807) is 0 Å². The van der Waals surface area contributed by atoms with Gasteiger partial charge in [0.15, 0.2) is 0 Å². The van der Waals surface area contributed by atoms with Crippen LogP contribution in [0.2, 0.25) is 0 Å². The van der Waals surface area contributed by atoms with Crippen molar-refractivity contribution in [2.75, 3.05) is 6.61 Å². The molecule has 1 aromatic rings.